The topological polar surface area (TPSA) is 30.5 Å². The summed E-state index contributed by atoms with van der Waals surface area (Å²) in [6, 6.07) is 14.6. The third-order valence-corrected chi connectivity index (χ3v) is 5.04. The van der Waals surface area contributed by atoms with Crippen molar-refractivity contribution in [3.8, 4) is 11.5 Å². The molecule has 0 spiro atoms. The van der Waals surface area contributed by atoms with Crippen LogP contribution in [0.2, 0.25) is 0 Å². The van der Waals surface area contributed by atoms with Gasteiger partial charge in [0, 0.05) is 16.1 Å². The molecule has 0 unspecified atom stereocenters. The molecule has 0 radical (unpaired) electrons. The van der Waals surface area contributed by atoms with Crippen molar-refractivity contribution in [1.29, 1.82) is 0 Å². The molecule has 1 heterocycles. The predicted octanol–water partition coefficient (Wildman–Crippen LogP) is 5.43. The Bertz CT molecular complexity index is 740. The second-order valence-corrected chi connectivity index (χ2v) is 7.38. The Morgan fingerprint density at radius 2 is 1.85 bits per heavy atom. The van der Waals surface area contributed by atoms with Gasteiger partial charge in [-0.1, -0.05) is 40.9 Å². The number of hydrogen-bond donors (Lipinski definition) is 1. The van der Waals surface area contributed by atoms with E-state index in [1.54, 1.807) is 0 Å². The lowest BCUT2D eigenvalue weighted by Gasteiger charge is -2.20. The molecule has 1 aliphatic heterocycles. The fourth-order valence-corrected chi connectivity index (χ4v) is 3.37. The van der Waals surface area contributed by atoms with E-state index >= 15 is 0 Å². The van der Waals surface area contributed by atoms with Crippen LogP contribution in [0.25, 0.3) is 5.57 Å². The summed E-state index contributed by atoms with van der Waals surface area (Å²) >= 11 is 3.49. The first-order chi connectivity index (χ1) is 12.8. The first-order valence-corrected chi connectivity index (χ1v) is 10.1. The molecule has 4 heteroatoms. The second kappa shape index (κ2) is 9.79. The van der Waals surface area contributed by atoms with Gasteiger partial charge in [-0.15, -0.1) is 0 Å². The average molecular weight is 416 g/mol. The third-order valence-electron chi connectivity index (χ3n) is 4.51. The molecule has 2 aromatic rings. The predicted molar refractivity (Wildman–Crippen MR) is 111 cm³/mol. The summed E-state index contributed by atoms with van der Waals surface area (Å²) in [7, 11) is 2.00. The number of nitrogens with one attached hydrogen (secondary N) is 1. The monoisotopic (exact) mass is 415 g/mol. The molecule has 2 aromatic carbocycles. The van der Waals surface area contributed by atoms with Crippen LogP contribution in [-0.2, 0) is 0 Å². The number of benzene rings is 2. The van der Waals surface area contributed by atoms with Crippen molar-refractivity contribution in [3.05, 3.63) is 64.1 Å². The van der Waals surface area contributed by atoms with E-state index in [0.717, 1.165) is 41.1 Å². The van der Waals surface area contributed by atoms with Crippen molar-refractivity contribution >= 4 is 21.5 Å². The maximum absolute atomic E-state index is 5.91. The summed E-state index contributed by atoms with van der Waals surface area (Å²) in [6.07, 6.45) is 6.91. The molecule has 0 saturated carbocycles. The van der Waals surface area contributed by atoms with Gasteiger partial charge in [0.05, 0.1) is 6.61 Å². The Morgan fingerprint density at radius 1 is 1.04 bits per heavy atom. The van der Waals surface area contributed by atoms with Gasteiger partial charge in [0.15, 0.2) is 0 Å². The average Bonchev–Trinajstić information content (AvgIpc) is 2.67. The summed E-state index contributed by atoms with van der Waals surface area (Å²) in [5, 5.41) is 3.18. The molecule has 0 aromatic heterocycles. The summed E-state index contributed by atoms with van der Waals surface area (Å²) < 4.78 is 12.8. The molecule has 138 valence electrons. The van der Waals surface area contributed by atoms with Gasteiger partial charge >= 0.3 is 0 Å². The molecule has 3 nitrogen and oxygen atoms in total. The fourth-order valence-electron chi connectivity index (χ4n) is 3.11. The summed E-state index contributed by atoms with van der Waals surface area (Å²) in [4.78, 5) is 0. The number of hydrogen-bond acceptors (Lipinski definition) is 3. The van der Waals surface area contributed by atoms with Crippen LogP contribution in [0.4, 0.5) is 0 Å². The van der Waals surface area contributed by atoms with Crippen molar-refractivity contribution in [2.45, 2.75) is 25.7 Å². The van der Waals surface area contributed by atoms with E-state index in [0.29, 0.717) is 6.61 Å². The van der Waals surface area contributed by atoms with Gasteiger partial charge in [0.1, 0.15) is 18.1 Å². The van der Waals surface area contributed by atoms with Crippen LogP contribution in [-0.4, -0.2) is 26.8 Å². The number of ether oxygens (including phenoxy) is 2. The van der Waals surface area contributed by atoms with E-state index in [4.69, 9.17) is 9.47 Å². The molecule has 0 atom stereocenters. The summed E-state index contributed by atoms with van der Waals surface area (Å²) in [6.45, 7) is 2.44. The number of fused-ring (bicyclic) bond motifs is 1. The molecule has 1 N–H and O–H groups in total. The Labute approximate surface area is 164 Å². The molecule has 0 fully saturated rings. The SMILES string of the molecule is CNCCCCCCOc1ccc2c(c1)OCC=C2c1ccc(Br)cc1. The Hall–Kier alpha value is -1.78. The van der Waals surface area contributed by atoms with Gasteiger partial charge in [-0.25, -0.2) is 0 Å². The molecule has 0 aliphatic carbocycles. The molecular formula is C22H26BrNO2. The Morgan fingerprint density at radius 3 is 2.65 bits per heavy atom. The molecule has 3 rings (SSSR count). The zero-order valence-corrected chi connectivity index (χ0v) is 16.8. The van der Waals surface area contributed by atoms with Gasteiger partial charge in [0.2, 0.25) is 0 Å². The van der Waals surface area contributed by atoms with E-state index in [1.807, 2.05) is 19.2 Å². The van der Waals surface area contributed by atoms with Crippen molar-refractivity contribution in [3.63, 3.8) is 0 Å². The Balaban J connectivity index is 1.58. The second-order valence-electron chi connectivity index (χ2n) is 6.46. The van der Waals surface area contributed by atoms with Crippen molar-refractivity contribution in [2.75, 3.05) is 26.8 Å². The molecule has 0 saturated heterocycles. The highest BCUT2D eigenvalue weighted by Gasteiger charge is 2.16. The normalized spacial score (nSPS) is 12.9. The molecule has 1 aliphatic rings. The quantitative estimate of drug-likeness (QED) is 0.553. The fraction of sp³-hybridized carbons (Fsp3) is 0.364. The van der Waals surface area contributed by atoms with Crippen molar-refractivity contribution in [2.24, 2.45) is 0 Å². The van der Waals surface area contributed by atoms with Crippen LogP contribution in [0.5, 0.6) is 11.5 Å². The van der Waals surface area contributed by atoms with Gasteiger partial charge in [-0.3, -0.25) is 0 Å². The van der Waals surface area contributed by atoms with E-state index in [2.05, 4.69) is 57.7 Å². The molecule has 26 heavy (non-hydrogen) atoms. The smallest absolute Gasteiger partial charge is 0.131 e. The largest absolute Gasteiger partial charge is 0.493 e. The zero-order chi connectivity index (χ0) is 18.2. The first-order valence-electron chi connectivity index (χ1n) is 9.28. The molecular weight excluding hydrogens is 390 g/mol. The van der Waals surface area contributed by atoms with E-state index < -0.39 is 0 Å². The van der Waals surface area contributed by atoms with Crippen LogP contribution < -0.4 is 14.8 Å². The van der Waals surface area contributed by atoms with Crippen LogP contribution >= 0.6 is 15.9 Å². The van der Waals surface area contributed by atoms with Gasteiger partial charge < -0.3 is 14.8 Å². The highest BCUT2D eigenvalue weighted by atomic mass is 79.9. The van der Waals surface area contributed by atoms with Crippen LogP contribution in [0.15, 0.2) is 53.0 Å². The van der Waals surface area contributed by atoms with Gasteiger partial charge in [0.25, 0.3) is 0 Å². The first kappa shape index (κ1) is 19.0. The maximum atomic E-state index is 5.91. The van der Waals surface area contributed by atoms with Crippen molar-refractivity contribution < 1.29 is 9.47 Å². The highest BCUT2D eigenvalue weighted by molar-refractivity contribution is 9.10. The van der Waals surface area contributed by atoms with Crippen molar-refractivity contribution in [1.82, 2.24) is 5.32 Å². The minimum Gasteiger partial charge on any atom is -0.493 e. The van der Waals surface area contributed by atoms with E-state index in [9.17, 15) is 0 Å². The summed E-state index contributed by atoms with van der Waals surface area (Å²) in [5.74, 6) is 1.79. The zero-order valence-electron chi connectivity index (χ0n) is 15.3. The lowest BCUT2D eigenvalue weighted by atomic mass is 9.95. The third kappa shape index (κ3) is 5.12. The maximum Gasteiger partial charge on any atom is 0.131 e. The van der Waals surface area contributed by atoms with Gasteiger partial charge in [-0.05, 0) is 67.9 Å². The van der Waals surface area contributed by atoms with E-state index in [1.165, 1.54) is 30.4 Å². The lowest BCUT2D eigenvalue weighted by Crippen LogP contribution is -2.07. The van der Waals surface area contributed by atoms with Crippen LogP contribution in [0, 0.1) is 0 Å². The summed E-state index contributed by atoms with van der Waals surface area (Å²) in [5.41, 5.74) is 3.54. The Kier molecular flexibility index (Phi) is 7.15. The minimum absolute atomic E-state index is 0.591. The van der Waals surface area contributed by atoms with Crippen LogP contribution in [0.3, 0.4) is 0 Å². The number of halogens is 1. The number of rotatable bonds is 9. The van der Waals surface area contributed by atoms with Gasteiger partial charge in [-0.2, -0.15) is 0 Å². The standard InChI is InChI=1S/C22H26BrNO2/c1-24-13-4-2-3-5-14-25-19-10-11-21-20(12-15-26-22(21)16-19)17-6-8-18(23)9-7-17/h6-12,16,24H,2-5,13-15H2,1H3. The lowest BCUT2D eigenvalue weighted by molar-refractivity contribution is 0.300. The highest BCUT2D eigenvalue weighted by Crippen LogP contribution is 2.36. The molecule has 0 amide bonds. The molecule has 0 bridgehead atoms. The van der Waals surface area contributed by atoms with Crippen LogP contribution in [0.1, 0.15) is 36.8 Å². The number of unbranched alkanes of at least 4 members (excludes halogenated alkanes) is 3. The van der Waals surface area contributed by atoms with E-state index in [-0.39, 0.29) is 0 Å². The minimum atomic E-state index is 0.591.